The number of hydrogen-bond acceptors (Lipinski definition) is 5. The van der Waals surface area contributed by atoms with Gasteiger partial charge >= 0.3 is 0 Å². The summed E-state index contributed by atoms with van der Waals surface area (Å²) in [6, 6.07) is 5.53. The number of aliphatic hydroxyl groups is 1. The van der Waals surface area contributed by atoms with Gasteiger partial charge in [0.15, 0.2) is 5.60 Å². The number of rotatable bonds is 2. The molecule has 1 amide bonds. The van der Waals surface area contributed by atoms with Gasteiger partial charge < -0.3 is 14.9 Å². The van der Waals surface area contributed by atoms with Crippen LogP contribution >= 0.6 is 0 Å². The Morgan fingerprint density at radius 3 is 2.82 bits per heavy atom. The number of likely N-dealkylation sites (tertiary alicyclic amines) is 1. The van der Waals surface area contributed by atoms with E-state index in [2.05, 4.69) is 4.98 Å². The Morgan fingerprint density at radius 2 is 2.09 bits per heavy atom. The zero-order chi connectivity index (χ0) is 15.6. The van der Waals surface area contributed by atoms with E-state index in [1.54, 1.807) is 17.2 Å². The largest absolute Gasteiger partial charge is 0.378 e. The number of amides is 1. The maximum Gasteiger partial charge on any atom is 0.256 e. The predicted molar refractivity (Wildman–Crippen MR) is 81.2 cm³/mol. The van der Waals surface area contributed by atoms with Gasteiger partial charge in [0.25, 0.3) is 5.91 Å². The summed E-state index contributed by atoms with van der Waals surface area (Å²) in [5.41, 5.74) is -0.144. The van der Waals surface area contributed by atoms with E-state index < -0.39 is 5.60 Å². The molecule has 2 saturated heterocycles. The molecule has 3 rings (SSSR count). The van der Waals surface area contributed by atoms with Crippen molar-refractivity contribution in [1.82, 2.24) is 9.88 Å². The van der Waals surface area contributed by atoms with Crippen molar-refractivity contribution in [2.45, 2.75) is 31.3 Å². The Labute approximate surface area is 130 Å². The van der Waals surface area contributed by atoms with Crippen molar-refractivity contribution in [3.05, 3.63) is 24.0 Å². The van der Waals surface area contributed by atoms with Crippen LogP contribution in [0, 0.1) is 11.3 Å². The number of aromatic nitrogens is 1. The average molecular weight is 300 g/mol. The van der Waals surface area contributed by atoms with Gasteiger partial charge in [-0.1, -0.05) is 0 Å². The molecular weight excluding hydrogens is 280 g/mol. The van der Waals surface area contributed by atoms with Crippen molar-refractivity contribution in [2.24, 2.45) is 0 Å². The van der Waals surface area contributed by atoms with Crippen molar-refractivity contribution in [1.29, 1.82) is 5.26 Å². The highest BCUT2D eigenvalue weighted by atomic mass is 16.3. The third-order valence-corrected chi connectivity index (χ3v) is 4.49. The summed E-state index contributed by atoms with van der Waals surface area (Å²) in [6.45, 7) is 2.53. The van der Waals surface area contributed by atoms with Crippen molar-refractivity contribution in [3.8, 4) is 6.07 Å². The monoisotopic (exact) mass is 300 g/mol. The lowest BCUT2D eigenvalue weighted by atomic mass is 9.91. The van der Waals surface area contributed by atoms with Crippen molar-refractivity contribution in [2.75, 3.05) is 31.1 Å². The second-order valence-electron chi connectivity index (χ2n) is 6.07. The van der Waals surface area contributed by atoms with E-state index in [4.69, 9.17) is 5.26 Å². The van der Waals surface area contributed by atoms with Crippen LogP contribution < -0.4 is 4.90 Å². The molecule has 0 radical (unpaired) electrons. The van der Waals surface area contributed by atoms with Crippen LogP contribution in [0.5, 0.6) is 0 Å². The molecule has 3 heterocycles. The standard InChI is InChI=1S/C16H20N4O2/c17-11-13-10-14(4-6-18-13)20-9-3-5-16(22,12-20)15(21)19-7-1-2-8-19/h4,6,10,22H,1-3,5,7-9,12H2. The Bertz CT molecular complexity index is 606. The van der Waals surface area contributed by atoms with E-state index in [0.29, 0.717) is 12.1 Å². The first-order valence-corrected chi connectivity index (χ1v) is 7.75. The second kappa shape index (κ2) is 5.93. The molecule has 1 atom stereocenters. The third-order valence-electron chi connectivity index (χ3n) is 4.49. The van der Waals surface area contributed by atoms with Gasteiger partial charge in [-0.25, -0.2) is 4.98 Å². The normalized spacial score (nSPS) is 25.1. The van der Waals surface area contributed by atoms with Gasteiger partial charge in [-0.2, -0.15) is 5.26 Å². The van der Waals surface area contributed by atoms with Crippen LogP contribution in [0.25, 0.3) is 0 Å². The first kappa shape index (κ1) is 14.8. The zero-order valence-corrected chi connectivity index (χ0v) is 12.5. The molecule has 0 bridgehead atoms. The number of hydrogen-bond donors (Lipinski definition) is 1. The smallest absolute Gasteiger partial charge is 0.256 e. The Morgan fingerprint density at radius 1 is 1.32 bits per heavy atom. The van der Waals surface area contributed by atoms with Gasteiger partial charge in [-0.15, -0.1) is 0 Å². The van der Waals surface area contributed by atoms with Crippen LogP contribution in [0.1, 0.15) is 31.4 Å². The van der Waals surface area contributed by atoms with Crippen molar-refractivity contribution >= 4 is 11.6 Å². The molecule has 1 unspecified atom stereocenters. The predicted octanol–water partition coefficient (Wildman–Crippen LogP) is 0.907. The van der Waals surface area contributed by atoms with Gasteiger partial charge in [0.2, 0.25) is 0 Å². The maximum absolute atomic E-state index is 12.6. The summed E-state index contributed by atoms with van der Waals surface area (Å²) in [6.07, 6.45) is 4.86. The maximum atomic E-state index is 12.6. The number of nitrogens with zero attached hydrogens (tertiary/aromatic N) is 4. The molecule has 22 heavy (non-hydrogen) atoms. The second-order valence-corrected chi connectivity index (χ2v) is 6.07. The van der Waals surface area contributed by atoms with E-state index in [-0.39, 0.29) is 12.5 Å². The van der Waals surface area contributed by atoms with Crippen molar-refractivity contribution < 1.29 is 9.90 Å². The van der Waals surface area contributed by atoms with Gasteiger partial charge in [-0.3, -0.25) is 4.79 Å². The number of carbonyl (C=O) groups is 1. The number of nitriles is 1. The van der Waals surface area contributed by atoms with Crippen LogP contribution in [0.4, 0.5) is 5.69 Å². The fraction of sp³-hybridized carbons (Fsp3) is 0.562. The quantitative estimate of drug-likeness (QED) is 0.878. The van der Waals surface area contributed by atoms with Crippen LogP contribution in [0.2, 0.25) is 0 Å². The molecular formula is C16H20N4O2. The third kappa shape index (κ3) is 2.77. The molecule has 2 aliphatic rings. The van der Waals surface area contributed by atoms with E-state index >= 15 is 0 Å². The highest BCUT2D eigenvalue weighted by molar-refractivity contribution is 5.86. The fourth-order valence-corrected chi connectivity index (χ4v) is 3.32. The van der Waals surface area contributed by atoms with Crippen LogP contribution in [-0.2, 0) is 4.79 Å². The van der Waals surface area contributed by atoms with Gasteiger partial charge in [0.05, 0.1) is 6.54 Å². The molecule has 6 nitrogen and oxygen atoms in total. The lowest BCUT2D eigenvalue weighted by Gasteiger charge is -2.41. The SMILES string of the molecule is N#Cc1cc(N2CCCC(O)(C(=O)N3CCCC3)C2)ccn1. The first-order chi connectivity index (χ1) is 10.6. The molecule has 1 aromatic heterocycles. The molecule has 6 heteroatoms. The van der Waals surface area contributed by atoms with E-state index in [0.717, 1.165) is 44.6 Å². The number of pyridine rings is 1. The highest BCUT2D eigenvalue weighted by Gasteiger charge is 2.43. The number of carbonyl (C=O) groups excluding carboxylic acids is 1. The molecule has 1 aromatic rings. The number of β-amino-alcohol motifs (C(OH)–C–C–N with tert-alkyl or cyclic N) is 1. The Balaban J connectivity index is 1.78. The molecule has 1 N–H and O–H groups in total. The number of piperidine rings is 1. The van der Waals surface area contributed by atoms with Gasteiger partial charge in [0.1, 0.15) is 11.8 Å². The van der Waals surface area contributed by atoms with Crippen LogP contribution in [0.3, 0.4) is 0 Å². The minimum absolute atomic E-state index is 0.149. The van der Waals surface area contributed by atoms with Gasteiger partial charge in [0, 0.05) is 31.5 Å². The van der Waals surface area contributed by atoms with Gasteiger partial charge in [-0.05, 0) is 37.8 Å². The van der Waals surface area contributed by atoms with Crippen LogP contribution in [-0.4, -0.2) is 52.7 Å². The fourth-order valence-electron chi connectivity index (χ4n) is 3.32. The molecule has 116 valence electrons. The first-order valence-electron chi connectivity index (χ1n) is 7.75. The Hall–Kier alpha value is -2.13. The summed E-state index contributed by atoms with van der Waals surface area (Å²) in [4.78, 5) is 20.3. The lowest BCUT2D eigenvalue weighted by Crippen LogP contribution is -2.57. The van der Waals surface area contributed by atoms with E-state index in [1.807, 2.05) is 17.0 Å². The molecule has 0 aromatic carbocycles. The van der Waals surface area contributed by atoms with Crippen LogP contribution in [0.15, 0.2) is 18.3 Å². The number of anilines is 1. The molecule has 0 saturated carbocycles. The average Bonchev–Trinajstić information content (AvgIpc) is 3.08. The summed E-state index contributed by atoms with van der Waals surface area (Å²) in [5, 5.41) is 19.8. The summed E-state index contributed by atoms with van der Waals surface area (Å²) in [7, 11) is 0. The highest BCUT2D eigenvalue weighted by Crippen LogP contribution is 2.28. The minimum atomic E-state index is -1.32. The molecule has 0 spiro atoms. The summed E-state index contributed by atoms with van der Waals surface area (Å²) in [5.74, 6) is -0.149. The molecule has 0 aliphatic carbocycles. The summed E-state index contributed by atoms with van der Waals surface area (Å²) >= 11 is 0. The topological polar surface area (TPSA) is 80.5 Å². The van der Waals surface area contributed by atoms with E-state index in [1.165, 1.54) is 0 Å². The molecule has 2 fully saturated rings. The van der Waals surface area contributed by atoms with E-state index in [9.17, 15) is 9.90 Å². The summed E-state index contributed by atoms with van der Waals surface area (Å²) < 4.78 is 0. The Kier molecular flexibility index (Phi) is 3.99. The van der Waals surface area contributed by atoms with Crippen molar-refractivity contribution in [3.63, 3.8) is 0 Å². The zero-order valence-electron chi connectivity index (χ0n) is 12.5. The molecule has 2 aliphatic heterocycles. The minimum Gasteiger partial charge on any atom is -0.378 e. The lowest BCUT2D eigenvalue weighted by molar-refractivity contribution is -0.151.